The van der Waals surface area contributed by atoms with Crippen LogP contribution in [0.15, 0.2) is 36.5 Å². The van der Waals surface area contributed by atoms with Crippen molar-refractivity contribution in [2.75, 3.05) is 0 Å². The molecule has 2 aromatic rings. The molecular formula is C19H25N3O3. The van der Waals surface area contributed by atoms with Crippen molar-refractivity contribution < 1.29 is 14.7 Å². The van der Waals surface area contributed by atoms with Gasteiger partial charge in [-0.3, -0.25) is 9.48 Å². The summed E-state index contributed by atoms with van der Waals surface area (Å²) in [5.41, 5.74) is 2.14. The molecule has 1 aromatic heterocycles. The Morgan fingerprint density at radius 1 is 1.24 bits per heavy atom. The summed E-state index contributed by atoms with van der Waals surface area (Å²) >= 11 is 0. The Morgan fingerprint density at radius 3 is 2.48 bits per heavy atom. The number of nitrogens with one attached hydrogen (secondary N) is 1. The third-order valence-electron chi connectivity index (χ3n) is 3.95. The fourth-order valence-corrected chi connectivity index (χ4v) is 2.76. The summed E-state index contributed by atoms with van der Waals surface area (Å²) in [6, 6.07) is 8.28. The van der Waals surface area contributed by atoms with Crippen LogP contribution in [0, 0.1) is 5.92 Å². The van der Waals surface area contributed by atoms with Crippen molar-refractivity contribution in [1.29, 1.82) is 0 Å². The SMILES string of the molecule is CCc1c(C(=O)NC(Cc2ccccc2)C(=O)O)cnn1CC(C)C. The standard InChI is InChI=1S/C19H25N3O3/c1-4-17-15(11-20-22(17)12-13(2)3)18(23)21-16(19(24)25)10-14-8-6-5-7-9-14/h5-9,11,13,16H,4,10,12H2,1-3H3,(H,21,23)(H,24,25). The summed E-state index contributed by atoms with van der Waals surface area (Å²) < 4.78 is 1.83. The maximum Gasteiger partial charge on any atom is 0.326 e. The second-order valence-electron chi connectivity index (χ2n) is 6.49. The number of carbonyl (C=O) groups excluding carboxylic acids is 1. The molecule has 2 rings (SSSR count). The molecule has 6 nitrogen and oxygen atoms in total. The predicted octanol–water partition coefficient (Wildman–Crippen LogP) is 2.53. The summed E-state index contributed by atoms with van der Waals surface area (Å²) in [7, 11) is 0. The molecule has 0 saturated heterocycles. The van der Waals surface area contributed by atoms with Gasteiger partial charge in [-0.1, -0.05) is 51.1 Å². The lowest BCUT2D eigenvalue weighted by molar-refractivity contribution is -0.139. The van der Waals surface area contributed by atoms with Crippen LogP contribution in [0.1, 0.15) is 42.4 Å². The van der Waals surface area contributed by atoms with Crippen LogP contribution in [0.3, 0.4) is 0 Å². The van der Waals surface area contributed by atoms with Crippen LogP contribution in [0.5, 0.6) is 0 Å². The summed E-state index contributed by atoms with van der Waals surface area (Å²) in [6.45, 7) is 6.86. The maximum absolute atomic E-state index is 12.6. The molecule has 1 unspecified atom stereocenters. The lowest BCUT2D eigenvalue weighted by Gasteiger charge is -2.15. The highest BCUT2D eigenvalue weighted by Gasteiger charge is 2.24. The maximum atomic E-state index is 12.6. The predicted molar refractivity (Wildman–Crippen MR) is 95.5 cm³/mol. The molecule has 0 radical (unpaired) electrons. The zero-order valence-electron chi connectivity index (χ0n) is 14.9. The summed E-state index contributed by atoms with van der Waals surface area (Å²) in [4.78, 5) is 24.1. The van der Waals surface area contributed by atoms with Crippen molar-refractivity contribution in [3.05, 3.63) is 53.3 Å². The van der Waals surface area contributed by atoms with Crippen LogP contribution in [0.4, 0.5) is 0 Å². The molecule has 6 heteroatoms. The van der Waals surface area contributed by atoms with Crippen LogP contribution >= 0.6 is 0 Å². The zero-order valence-corrected chi connectivity index (χ0v) is 14.9. The van der Waals surface area contributed by atoms with Crippen molar-refractivity contribution in [3.8, 4) is 0 Å². The summed E-state index contributed by atoms with van der Waals surface area (Å²) in [6.07, 6.45) is 2.42. The zero-order chi connectivity index (χ0) is 18.4. The second kappa shape index (κ2) is 8.46. The molecule has 1 amide bonds. The lowest BCUT2D eigenvalue weighted by Crippen LogP contribution is -2.42. The summed E-state index contributed by atoms with van der Waals surface area (Å²) in [5.74, 6) is -1.04. The minimum Gasteiger partial charge on any atom is -0.480 e. The van der Waals surface area contributed by atoms with Gasteiger partial charge in [0.1, 0.15) is 6.04 Å². The lowest BCUT2D eigenvalue weighted by atomic mass is 10.1. The Morgan fingerprint density at radius 2 is 1.92 bits per heavy atom. The molecule has 1 heterocycles. The van der Waals surface area contributed by atoms with Gasteiger partial charge in [0.05, 0.1) is 17.5 Å². The molecule has 0 aliphatic carbocycles. The van der Waals surface area contributed by atoms with Crippen LogP contribution in [-0.2, 0) is 24.2 Å². The average Bonchev–Trinajstić information content (AvgIpc) is 2.97. The van der Waals surface area contributed by atoms with Gasteiger partial charge in [0.15, 0.2) is 0 Å². The second-order valence-corrected chi connectivity index (χ2v) is 6.49. The largest absolute Gasteiger partial charge is 0.480 e. The third kappa shape index (κ3) is 4.92. The number of amides is 1. The van der Waals surface area contributed by atoms with Gasteiger partial charge in [-0.2, -0.15) is 5.10 Å². The minimum absolute atomic E-state index is 0.240. The molecule has 0 aliphatic rings. The van der Waals surface area contributed by atoms with E-state index in [1.807, 2.05) is 41.9 Å². The van der Waals surface area contributed by atoms with E-state index in [1.54, 1.807) is 0 Å². The number of carbonyl (C=O) groups is 2. The van der Waals surface area contributed by atoms with Gasteiger partial charge in [0, 0.05) is 13.0 Å². The van der Waals surface area contributed by atoms with E-state index in [0.717, 1.165) is 17.8 Å². The van der Waals surface area contributed by atoms with Crippen LogP contribution in [0.2, 0.25) is 0 Å². The Labute approximate surface area is 147 Å². The number of carboxylic acids is 1. The summed E-state index contributed by atoms with van der Waals surface area (Å²) in [5, 5.41) is 16.4. The molecular weight excluding hydrogens is 318 g/mol. The number of aromatic nitrogens is 2. The van der Waals surface area contributed by atoms with Gasteiger partial charge in [0.25, 0.3) is 5.91 Å². The van der Waals surface area contributed by atoms with E-state index in [-0.39, 0.29) is 6.42 Å². The molecule has 0 fully saturated rings. The monoisotopic (exact) mass is 343 g/mol. The van der Waals surface area contributed by atoms with E-state index >= 15 is 0 Å². The van der Waals surface area contributed by atoms with Gasteiger partial charge >= 0.3 is 5.97 Å². The fourth-order valence-electron chi connectivity index (χ4n) is 2.76. The molecule has 0 bridgehead atoms. The first kappa shape index (κ1) is 18.7. The average molecular weight is 343 g/mol. The Hall–Kier alpha value is -2.63. The molecule has 2 N–H and O–H groups in total. The first-order chi connectivity index (χ1) is 11.9. The smallest absolute Gasteiger partial charge is 0.326 e. The third-order valence-corrected chi connectivity index (χ3v) is 3.95. The van der Waals surface area contributed by atoms with Crippen LogP contribution < -0.4 is 5.32 Å². The number of aliphatic carboxylic acids is 1. The van der Waals surface area contributed by atoms with E-state index < -0.39 is 17.9 Å². The molecule has 134 valence electrons. The van der Waals surface area contributed by atoms with Gasteiger partial charge in [-0.25, -0.2) is 4.79 Å². The minimum atomic E-state index is -1.05. The number of hydrogen-bond donors (Lipinski definition) is 2. The highest BCUT2D eigenvalue weighted by atomic mass is 16.4. The van der Waals surface area contributed by atoms with E-state index in [0.29, 0.717) is 17.9 Å². The molecule has 25 heavy (non-hydrogen) atoms. The van der Waals surface area contributed by atoms with Crippen molar-refractivity contribution in [3.63, 3.8) is 0 Å². The van der Waals surface area contributed by atoms with Crippen molar-refractivity contribution in [2.24, 2.45) is 5.92 Å². The van der Waals surface area contributed by atoms with Crippen molar-refractivity contribution in [2.45, 2.75) is 46.2 Å². The Balaban J connectivity index is 2.16. The normalized spacial score (nSPS) is 12.2. The van der Waals surface area contributed by atoms with Crippen molar-refractivity contribution in [1.82, 2.24) is 15.1 Å². The molecule has 0 saturated carbocycles. The Kier molecular flexibility index (Phi) is 6.33. The highest BCUT2D eigenvalue weighted by molar-refractivity contribution is 5.97. The number of hydrogen-bond acceptors (Lipinski definition) is 3. The molecule has 1 atom stereocenters. The molecule has 0 aliphatic heterocycles. The highest BCUT2D eigenvalue weighted by Crippen LogP contribution is 2.13. The van der Waals surface area contributed by atoms with Crippen LogP contribution in [-0.4, -0.2) is 32.8 Å². The van der Waals surface area contributed by atoms with Gasteiger partial charge in [-0.05, 0) is 17.9 Å². The number of carboxylic acid groups (broad SMARTS) is 1. The molecule has 0 spiro atoms. The number of benzene rings is 1. The van der Waals surface area contributed by atoms with Crippen LogP contribution in [0.25, 0.3) is 0 Å². The Bertz CT molecular complexity index is 723. The fraction of sp³-hybridized carbons (Fsp3) is 0.421. The van der Waals surface area contributed by atoms with Gasteiger partial charge in [-0.15, -0.1) is 0 Å². The van der Waals surface area contributed by atoms with E-state index in [9.17, 15) is 14.7 Å². The van der Waals surface area contributed by atoms with Gasteiger partial charge in [0.2, 0.25) is 0 Å². The van der Waals surface area contributed by atoms with E-state index in [1.165, 1.54) is 6.20 Å². The first-order valence-electron chi connectivity index (χ1n) is 8.54. The quantitative estimate of drug-likeness (QED) is 0.771. The van der Waals surface area contributed by atoms with E-state index in [2.05, 4.69) is 24.3 Å². The van der Waals surface area contributed by atoms with Crippen molar-refractivity contribution >= 4 is 11.9 Å². The number of rotatable bonds is 8. The molecule has 1 aromatic carbocycles. The van der Waals surface area contributed by atoms with Gasteiger partial charge < -0.3 is 10.4 Å². The van der Waals surface area contributed by atoms with E-state index in [4.69, 9.17) is 0 Å². The number of nitrogens with zero attached hydrogens (tertiary/aromatic N) is 2. The first-order valence-corrected chi connectivity index (χ1v) is 8.54. The topological polar surface area (TPSA) is 84.2 Å².